The van der Waals surface area contributed by atoms with Gasteiger partial charge in [0.15, 0.2) is 0 Å². The van der Waals surface area contributed by atoms with Gasteiger partial charge in [0, 0.05) is 48.4 Å². The standard InChI is InChI=1S/C27H20ClF3N2O4/c28-20-4-1-13(10-19(20)27(29,30)31)9-14(34)11-18-24-17-12-15(2-5-21(17)37-25(18)24)36-22-7-8-32-26-16(22)3-6-23(35)33-26/h1-2,4-5,7-8,10,12,18,24-25H,3,6,9,11H2,(H,32,33,35)/t18-,24-,25+/m0/s1. The van der Waals surface area contributed by atoms with Crippen molar-refractivity contribution in [3.8, 4) is 17.2 Å². The summed E-state index contributed by atoms with van der Waals surface area (Å²) in [6.07, 6.45) is -2.13. The molecule has 0 spiro atoms. The largest absolute Gasteiger partial charge is 0.489 e. The normalized spacial score (nSPS) is 21.3. The molecule has 3 aromatic rings. The number of nitrogens with zero attached hydrogens (tertiary/aromatic N) is 1. The number of pyridine rings is 1. The molecule has 6 rings (SSSR count). The summed E-state index contributed by atoms with van der Waals surface area (Å²) in [5.41, 5.74) is 1.12. The van der Waals surface area contributed by atoms with E-state index in [4.69, 9.17) is 21.1 Å². The molecule has 2 aliphatic heterocycles. The number of halogens is 4. The molecule has 10 heteroatoms. The number of carbonyl (C=O) groups excluding carboxylic acids is 2. The number of carbonyl (C=O) groups is 2. The average Bonchev–Trinajstić information content (AvgIpc) is 3.35. The third-order valence-electron chi connectivity index (χ3n) is 7.00. The van der Waals surface area contributed by atoms with Crippen LogP contribution in [0.2, 0.25) is 5.02 Å². The minimum Gasteiger partial charge on any atom is -0.489 e. The molecule has 0 unspecified atom stereocenters. The molecule has 1 amide bonds. The van der Waals surface area contributed by atoms with E-state index >= 15 is 0 Å². The maximum atomic E-state index is 13.1. The highest BCUT2D eigenvalue weighted by molar-refractivity contribution is 6.31. The van der Waals surface area contributed by atoms with Gasteiger partial charge < -0.3 is 14.8 Å². The van der Waals surface area contributed by atoms with Crippen LogP contribution in [0.1, 0.15) is 41.0 Å². The summed E-state index contributed by atoms with van der Waals surface area (Å²) in [5.74, 6) is 2.22. The van der Waals surface area contributed by atoms with Crippen molar-refractivity contribution < 1.29 is 32.2 Å². The third-order valence-corrected chi connectivity index (χ3v) is 7.33. The SMILES string of the molecule is O=C(Cc1ccc(Cl)c(C(F)(F)F)c1)C[C@@H]1[C@H]2Oc3ccc(Oc4ccnc5c4CCC(=O)N5)cc3[C@@H]12. The van der Waals surface area contributed by atoms with E-state index < -0.39 is 11.7 Å². The van der Waals surface area contributed by atoms with Crippen molar-refractivity contribution in [2.75, 3.05) is 5.32 Å². The summed E-state index contributed by atoms with van der Waals surface area (Å²) >= 11 is 5.68. The molecule has 2 aromatic carbocycles. The number of nitrogens with one attached hydrogen (secondary N) is 1. The van der Waals surface area contributed by atoms with Crippen LogP contribution in [-0.2, 0) is 28.6 Å². The van der Waals surface area contributed by atoms with Crippen molar-refractivity contribution in [1.82, 2.24) is 4.98 Å². The van der Waals surface area contributed by atoms with Crippen LogP contribution in [0.25, 0.3) is 0 Å². The Morgan fingerprint density at radius 2 is 2.00 bits per heavy atom. The van der Waals surface area contributed by atoms with E-state index in [0.717, 1.165) is 22.9 Å². The van der Waals surface area contributed by atoms with Crippen molar-refractivity contribution in [3.63, 3.8) is 0 Å². The highest BCUT2D eigenvalue weighted by Crippen LogP contribution is 2.60. The summed E-state index contributed by atoms with van der Waals surface area (Å²) in [6.45, 7) is 0. The van der Waals surface area contributed by atoms with Gasteiger partial charge in [0.2, 0.25) is 5.91 Å². The molecule has 3 atom stereocenters. The molecular weight excluding hydrogens is 509 g/mol. The minimum atomic E-state index is -4.58. The quantitative estimate of drug-likeness (QED) is 0.418. The third kappa shape index (κ3) is 4.52. The molecule has 3 aliphatic rings. The van der Waals surface area contributed by atoms with Crippen LogP contribution in [0, 0.1) is 5.92 Å². The Labute approximate surface area is 214 Å². The molecule has 1 N–H and O–H groups in total. The Bertz CT molecular complexity index is 1440. The van der Waals surface area contributed by atoms with Crippen molar-refractivity contribution in [2.45, 2.75) is 43.9 Å². The Hall–Kier alpha value is -3.59. The van der Waals surface area contributed by atoms with E-state index in [-0.39, 0.29) is 53.1 Å². The van der Waals surface area contributed by atoms with E-state index in [0.29, 0.717) is 30.2 Å². The van der Waals surface area contributed by atoms with Crippen molar-refractivity contribution in [2.24, 2.45) is 5.92 Å². The number of benzene rings is 2. The number of alkyl halides is 3. The maximum Gasteiger partial charge on any atom is 0.417 e. The topological polar surface area (TPSA) is 77.5 Å². The van der Waals surface area contributed by atoms with Gasteiger partial charge >= 0.3 is 6.18 Å². The summed E-state index contributed by atoms with van der Waals surface area (Å²) in [5, 5.41) is 2.36. The fraction of sp³-hybridized carbons (Fsp3) is 0.296. The summed E-state index contributed by atoms with van der Waals surface area (Å²) < 4.78 is 51.5. The number of anilines is 1. The number of hydrogen-bond acceptors (Lipinski definition) is 5. The first-order chi connectivity index (χ1) is 17.7. The molecule has 1 aliphatic carbocycles. The van der Waals surface area contributed by atoms with Crippen molar-refractivity contribution in [3.05, 3.63) is 75.9 Å². The van der Waals surface area contributed by atoms with E-state index in [9.17, 15) is 22.8 Å². The second kappa shape index (κ2) is 8.76. The van der Waals surface area contributed by atoms with Gasteiger partial charge in [-0.3, -0.25) is 9.59 Å². The fourth-order valence-electron chi connectivity index (χ4n) is 5.20. The molecule has 0 saturated heterocycles. The van der Waals surface area contributed by atoms with E-state index in [2.05, 4.69) is 10.3 Å². The van der Waals surface area contributed by atoms with Crippen LogP contribution in [0.15, 0.2) is 48.7 Å². The molecule has 6 nitrogen and oxygen atoms in total. The Morgan fingerprint density at radius 3 is 2.81 bits per heavy atom. The van der Waals surface area contributed by atoms with Crippen LogP contribution in [0.5, 0.6) is 17.2 Å². The lowest BCUT2D eigenvalue weighted by Gasteiger charge is -2.19. The zero-order chi connectivity index (χ0) is 25.9. The van der Waals surface area contributed by atoms with Gasteiger partial charge in [-0.2, -0.15) is 13.2 Å². The first-order valence-corrected chi connectivity index (χ1v) is 12.2. The number of Topliss-reactive ketones (excluding diaryl/α,β-unsaturated/α-hetero) is 1. The molecule has 0 radical (unpaired) electrons. The number of aromatic nitrogens is 1. The van der Waals surface area contributed by atoms with E-state index in [1.54, 1.807) is 18.3 Å². The van der Waals surface area contributed by atoms with Gasteiger partial charge in [0.25, 0.3) is 0 Å². The highest BCUT2D eigenvalue weighted by atomic mass is 35.5. The smallest absolute Gasteiger partial charge is 0.417 e. The number of hydrogen-bond donors (Lipinski definition) is 1. The lowest BCUT2D eigenvalue weighted by Crippen LogP contribution is -2.20. The second-order valence-corrected chi connectivity index (χ2v) is 9.90. The fourth-order valence-corrected chi connectivity index (χ4v) is 5.43. The van der Waals surface area contributed by atoms with Gasteiger partial charge in [-0.25, -0.2) is 4.98 Å². The number of amides is 1. The second-order valence-electron chi connectivity index (χ2n) is 9.49. The van der Waals surface area contributed by atoms with Gasteiger partial charge in [-0.15, -0.1) is 0 Å². The van der Waals surface area contributed by atoms with Gasteiger partial charge in [-0.05, 0) is 48.4 Å². The average molecular weight is 529 g/mol. The van der Waals surface area contributed by atoms with Crippen LogP contribution in [0.3, 0.4) is 0 Å². The Morgan fingerprint density at radius 1 is 1.16 bits per heavy atom. The summed E-state index contributed by atoms with van der Waals surface area (Å²) in [7, 11) is 0. The van der Waals surface area contributed by atoms with E-state index in [1.807, 2.05) is 12.1 Å². The van der Waals surface area contributed by atoms with Gasteiger partial charge in [0.05, 0.1) is 10.6 Å². The molecule has 190 valence electrons. The number of fused-ring (bicyclic) bond motifs is 4. The lowest BCUT2D eigenvalue weighted by atomic mass is 10.0. The molecule has 0 bridgehead atoms. The Balaban J connectivity index is 1.13. The van der Waals surface area contributed by atoms with Crippen LogP contribution in [-0.4, -0.2) is 22.8 Å². The highest BCUT2D eigenvalue weighted by Gasteiger charge is 2.59. The van der Waals surface area contributed by atoms with Gasteiger partial charge in [-0.1, -0.05) is 17.7 Å². The molecule has 1 saturated carbocycles. The first-order valence-electron chi connectivity index (χ1n) is 11.8. The van der Waals surface area contributed by atoms with Crippen LogP contribution in [0.4, 0.5) is 19.0 Å². The lowest BCUT2D eigenvalue weighted by molar-refractivity contribution is -0.137. The first kappa shape index (κ1) is 23.8. The van der Waals surface area contributed by atoms with Gasteiger partial charge in [0.1, 0.15) is 35.0 Å². The monoisotopic (exact) mass is 528 g/mol. The predicted molar refractivity (Wildman–Crippen MR) is 128 cm³/mol. The molecule has 3 heterocycles. The maximum absolute atomic E-state index is 13.1. The summed E-state index contributed by atoms with van der Waals surface area (Å²) in [4.78, 5) is 28.6. The molecular formula is C27H20ClF3N2O4. The number of ether oxygens (including phenoxy) is 2. The van der Waals surface area contributed by atoms with Crippen molar-refractivity contribution >= 4 is 29.1 Å². The Kier molecular flexibility index (Phi) is 5.63. The minimum absolute atomic E-state index is 0.0316. The van der Waals surface area contributed by atoms with Crippen molar-refractivity contribution in [1.29, 1.82) is 0 Å². The summed E-state index contributed by atoms with van der Waals surface area (Å²) in [6, 6.07) is 10.8. The predicted octanol–water partition coefficient (Wildman–Crippen LogP) is 6.11. The molecule has 1 aromatic heterocycles. The van der Waals surface area contributed by atoms with E-state index in [1.165, 1.54) is 12.1 Å². The zero-order valence-corrected chi connectivity index (χ0v) is 20.0. The number of ketones is 1. The molecule has 37 heavy (non-hydrogen) atoms. The number of rotatable bonds is 6. The molecule has 1 fully saturated rings. The van der Waals surface area contributed by atoms with Crippen LogP contribution < -0.4 is 14.8 Å². The van der Waals surface area contributed by atoms with Crippen LogP contribution >= 0.6 is 11.6 Å². The zero-order valence-electron chi connectivity index (χ0n) is 19.3.